The van der Waals surface area contributed by atoms with Gasteiger partial charge in [-0.05, 0) is 79.4 Å². The molecule has 188 valence electrons. The first kappa shape index (κ1) is 24.5. The number of Topliss-reactive ketones (excluding diaryl/α,β-unsaturated/α-hetero) is 1. The van der Waals surface area contributed by atoms with Crippen LogP contribution in [0.5, 0.6) is 11.5 Å². The van der Waals surface area contributed by atoms with E-state index in [2.05, 4.69) is 0 Å². The first-order valence-electron chi connectivity index (χ1n) is 11.7. The van der Waals surface area contributed by atoms with Gasteiger partial charge in [0.15, 0.2) is 5.13 Å². The van der Waals surface area contributed by atoms with E-state index in [-0.39, 0.29) is 11.3 Å². The van der Waals surface area contributed by atoms with Crippen LogP contribution in [0.3, 0.4) is 0 Å². The van der Waals surface area contributed by atoms with Crippen molar-refractivity contribution in [2.75, 3.05) is 19.1 Å². The topological polar surface area (TPSA) is 89.0 Å². The molecule has 3 aromatic carbocycles. The number of carbonyl (C=O) groups excluding carboxylic acids is 2. The van der Waals surface area contributed by atoms with E-state index >= 15 is 0 Å². The smallest absolute Gasteiger partial charge is 0.301 e. The molecule has 1 amide bonds. The summed E-state index contributed by atoms with van der Waals surface area (Å²) in [6.07, 6.45) is 0. The molecule has 5 rings (SSSR count). The number of hydrogen-bond donors (Lipinski definition) is 1. The van der Waals surface area contributed by atoms with Crippen LogP contribution in [-0.2, 0) is 9.59 Å². The number of aromatic nitrogens is 1. The minimum atomic E-state index is -0.865. The predicted molar refractivity (Wildman–Crippen MR) is 145 cm³/mol. The highest BCUT2D eigenvalue weighted by atomic mass is 32.1. The standard InChI is InChI=1S/C29H26N2O5S/c1-15-12-17(3)24-22(13-15)37-29(30-24)31-25(18-6-9-20(35-4)10-7-18)23(27(33)28(31)34)26(32)19-8-11-21(36-5)16(2)14-19/h6-14,25,32H,1-5H3. The van der Waals surface area contributed by atoms with Crippen LogP contribution in [0.25, 0.3) is 16.0 Å². The van der Waals surface area contributed by atoms with Crippen LogP contribution in [0, 0.1) is 20.8 Å². The third kappa shape index (κ3) is 4.13. The average Bonchev–Trinajstić information content (AvgIpc) is 3.42. The van der Waals surface area contributed by atoms with Crippen LogP contribution in [0.2, 0.25) is 0 Å². The highest BCUT2D eigenvalue weighted by molar-refractivity contribution is 7.22. The number of rotatable bonds is 5. The Morgan fingerprint density at radius 1 is 0.946 bits per heavy atom. The quantitative estimate of drug-likeness (QED) is 0.204. The number of ketones is 1. The normalized spacial score (nSPS) is 17.0. The Kier molecular flexibility index (Phi) is 6.21. The fourth-order valence-corrected chi connectivity index (χ4v) is 5.94. The maximum absolute atomic E-state index is 13.5. The lowest BCUT2D eigenvalue weighted by atomic mass is 9.95. The minimum absolute atomic E-state index is 0.00638. The van der Waals surface area contributed by atoms with Crippen LogP contribution in [0.4, 0.5) is 5.13 Å². The van der Waals surface area contributed by atoms with Gasteiger partial charge in [0.05, 0.1) is 36.1 Å². The zero-order valence-corrected chi connectivity index (χ0v) is 22.0. The monoisotopic (exact) mass is 514 g/mol. The van der Waals surface area contributed by atoms with Crippen molar-refractivity contribution < 1.29 is 24.2 Å². The molecule has 2 heterocycles. The Bertz CT molecular complexity index is 1590. The number of benzene rings is 3. The summed E-state index contributed by atoms with van der Waals surface area (Å²) in [4.78, 5) is 33.1. The van der Waals surface area contributed by atoms with E-state index < -0.39 is 17.7 Å². The molecule has 8 heteroatoms. The molecule has 7 nitrogen and oxygen atoms in total. The van der Waals surface area contributed by atoms with Gasteiger partial charge in [0.25, 0.3) is 5.78 Å². The van der Waals surface area contributed by atoms with Crippen LogP contribution in [0.15, 0.2) is 60.2 Å². The number of carbonyl (C=O) groups is 2. The molecule has 1 saturated heterocycles. The maximum atomic E-state index is 13.5. The summed E-state index contributed by atoms with van der Waals surface area (Å²) in [5, 5.41) is 11.8. The predicted octanol–water partition coefficient (Wildman–Crippen LogP) is 5.87. The number of methoxy groups -OCH3 is 2. The van der Waals surface area contributed by atoms with Gasteiger partial charge in [-0.15, -0.1) is 0 Å². The van der Waals surface area contributed by atoms with E-state index in [4.69, 9.17) is 14.5 Å². The second-order valence-electron chi connectivity index (χ2n) is 9.05. The van der Waals surface area contributed by atoms with E-state index in [9.17, 15) is 14.7 Å². The van der Waals surface area contributed by atoms with E-state index in [0.717, 1.165) is 26.9 Å². The molecule has 0 aliphatic carbocycles. The summed E-state index contributed by atoms with van der Waals surface area (Å²) in [5.74, 6) is -0.457. The fourth-order valence-electron chi connectivity index (χ4n) is 4.77. The minimum Gasteiger partial charge on any atom is -0.507 e. The van der Waals surface area contributed by atoms with Crippen molar-refractivity contribution in [3.8, 4) is 11.5 Å². The molecule has 1 atom stereocenters. The van der Waals surface area contributed by atoms with Gasteiger partial charge in [0.2, 0.25) is 0 Å². The van der Waals surface area contributed by atoms with Gasteiger partial charge in [0, 0.05) is 5.56 Å². The Labute approximate surface area is 218 Å². The number of anilines is 1. The third-order valence-electron chi connectivity index (χ3n) is 6.57. The molecule has 0 radical (unpaired) electrons. The van der Waals surface area contributed by atoms with Gasteiger partial charge in [-0.2, -0.15) is 0 Å². The Hall–Kier alpha value is -4.17. The molecule has 1 aromatic heterocycles. The summed E-state index contributed by atoms with van der Waals surface area (Å²) in [5.41, 5.74) is 4.73. The largest absolute Gasteiger partial charge is 0.507 e. The first-order valence-corrected chi connectivity index (χ1v) is 12.5. The van der Waals surface area contributed by atoms with Crippen molar-refractivity contribution in [1.29, 1.82) is 0 Å². The van der Waals surface area contributed by atoms with Crippen LogP contribution in [-0.4, -0.2) is 36.0 Å². The Morgan fingerprint density at radius 2 is 1.68 bits per heavy atom. The van der Waals surface area contributed by atoms with Gasteiger partial charge < -0.3 is 14.6 Å². The fraction of sp³-hybridized carbons (Fsp3) is 0.207. The molecule has 1 aliphatic heterocycles. The van der Waals surface area contributed by atoms with E-state index in [1.165, 1.54) is 16.2 Å². The van der Waals surface area contributed by atoms with E-state index in [1.807, 2.05) is 32.9 Å². The Balaban J connectivity index is 1.73. The number of aryl methyl sites for hydroxylation is 3. The molecule has 1 aliphatic rings. The third-order valence-corrected chi connectivity index (χ3v) is 7.57. The summed E-state index contributed by atoms with van der Waals surface area (Å²) >= 11 is 1.35. The van der Waals surface area contributed by atoms with Crippen molar-refractivity contribution in [1.82, 2.24) is 4.98 Å². The molecular formula is C29H26N2O5S. The van der Waals surface area contributed by atoms with Gasteiger partial charge in [0.1, 0.15) is 17.3 Å². The van der Waals surface area contributed by atoms with Crippen molar-refractivity contribution in [2.45, 2.75) is 26.8 Å². The number of amides is 1. The number of thiazole rings is 1. The lowest BCUT2D eigenvalue weighted by Crippen LogP contribution is -2.29. The lowest BCUT2D eigenvalue weighted by Gasteiger charge is -2.23. The molecule has 37 heavy (non-hydrogen) atoms. The van der Waals surface area contributed by atoms with Gasteiger partial charge in [-0.3, -0.25) is 14.5 Å². The zero-order chi connectivity index (χ0) is 26.4. The summed E-state index contributed by atoms with van der Waals surface area (Å²) < 4.78 is 11.6. The molecule has 0 saturated carbocycles. The number of hydrogen-bond acceptors (Lipinski definition) is 7. The van der Waals surface area contributed by atoms with Gasteiger partial charge in [-0.25, -0.2) is 4.98 Å². The Morgan fingerprint density at radius 3 is 2.32 bits per heavy atom. The highest BCUT2D eigenvalue weighted by Gasteiger charge is 2.48. The van der Waals surface area contributed by atoms with Crippen LogP contribution >= 0.6 is 11.3 Å². The highest BCUT2D eigenvalue weighted by Crippen LogP contribution is 2.45. The molecule has 4 aromatic rings. The molecule has 1 fully saturated rings. The summed E-state index contributed by atoms with van der Waals surface area (Å²) in [6.45, 7) is 5.83. The number of aliphatic hydroxyl groups is 1. The number of ether oxygens (including phenoxy) is 2. The van der Waals surface area contributed by atoms with Gasteiger partial charge >= 0.3 is 5.91 Å². The maximum Gasteiger partial charge on any atom is 0.301 e. The second kappa shape index (κ2) is 9.37. The van der Waals surface area contributed by atoms with E-state index in [0.29, 0.717) is 27.8 Å². The zero-order valence-electron chi connectivity index (χ0n) is 21.2. The number of nitrogens with zero attached hydrogens (tertiary/aromatic N) is 2. The van der Waals surface area contributed by atoms with Crippen molar-refractivity contribution in [2.24, 2.45) is 0 Å². The van der Waals surface area contributed by atoms with Crippen LogP contribution < -0.4 is 14.4 Å². The van der Waals surface area contributed by atoms with Crippen LogP contribution in [0.1, 0.15) is 33.9 Å². The first-order chi connectivity index (χ1) is 17.7. The van der Waals surface area contributed by atoms with Gasteiger partial charge in [-0.1, -0.05) is 29.5 Å². The molecule has 1 unspecified atom stereocenters. The SMILES string of the molecule is COc1ccc(C2C(=C(O)c3ccc(OC)c(C)c3)C(=O)C(=O)N2c2nc3c(C)cc(C)cc3s2)cc1. The number of aliphatic hydroxyl groups excluding tert-OH is 1. The number of fused-ring (bicyclic) bond motifs is 1. The lowest BCUT2D eigenvalue weighted by molar-refractivity contribution is -0.132. The average molecular weight is 515 g/mol. The molecule has 1 N–H and O–H groups in total. The second-order valence-corrected chi connectivity index (χ2v) is 10.1. The molecule has 0 spiro atoms. The van der Waals surface area contributed by atoms with E-state index in [1.54, 1.807) is 56.7 Å². The van der Waals surface area contributed by atoms with Crippen molar-refractivity contribution in [3.05, 3.63) is 88.0 Å². The summed E-state index contributed by atoms with van der Waals surface area (Å²) in [6, 6.07) is 15.4. The molecular weight excluding hydrogens is 488 g/mol. The molecule has 0 bridgehead atoms. The van der Waals surface area contributed by atoms with Crippen molar-refractivity contribution >= 4 is 44.1 Å². The van der Waals surface area contributed by atoms with Crippen molar-refractivity contribution in [3.63, 3.8) is 0 Å². The summed E-state index contributed by atoms with van der Waals surface area (Å²) in [7, 11) is 3.14.